The van der Waals surface area contributed by atoms with Crippen LogP contribution in [-0.4, -0.2) is 74.5 Å². The summed E-state index contributed by atoms with van der Waals surface area (Å²) in [5.41, 5.74) is 0.975. The van der Waals surface area contributed by atoms with Gasteiger partial charge in [0.2, 0.25) is 11.8 Å². The molecule has 0 spiro atoms. The highest BCUT2D eigenvalue weighted by Gasteiger charge is 2.13. The van der Waals surface area contributed by atoms with Crippen molar-refractivity contribution in [1.82, 2.24) is 20.4 Å². The molecule has 3 rings (SSSR count). The summed E-state index contributed by atoms with van der Waals surface area (Å²) in [4.78, 5) is 28.9. The van der Waals surface area contributed by atoms with Crippen LogP contribution in [0.3, 0.4) is 0 Å². The van der Waals surface area contributed by atoms with Crippen molar-refractivity contribution in [3.05, 3.63) is 48.0 Å². The SMILES string of the molecule is CN1CCN(CCCNC(=O)CNC(=O)Cc2cccc3ccccc23)CC1. The van der Waals surface area contributed by atoms with Crippen LogP contribution < -0.4 is 10.6 Å². The van der Waals surface area contributed by atoms with E-state index >= 15 is 0 Å². The molecule has 150 valence electrons. The van der Waals surface area contributed by atoms with Crippen LogP contribution in [0.15, 0.2) is 42.5 Å². The topological polar surface area (TPSA) is 64.7 Å². The van der Waals surface area contributed by atoms with Gasteiger partial charge >= 0.3 is 0 Å². The van der Waals surface area contributed by atoms with Crippen LogP contribution in [0, 0.1) is 0 Å². The Bertz CT molecular complexity index is 795. The highest BCUT2D eigenvalue weighted by Crippen LogP contribution is 2.18. The van der Waals surface area contributed by atoms with Gasteiger partial charge in [-0.2, -0.15) is 0 Å². The number of carbonyl (C=O) groups is 2. The maximum Gasteiger partial charge on any atom is 0.239 e. The van der Waals surface area contributed by atoms with Gasteiger partial charge in [0.25, 0.3) is 0 Å². The summed E-state index contributed by atoms with van der Waals surface area (Å²) in [5, 5.41) is 7.81. The Morgan fingerprint density at radius 3 is 2.50 bits per heavy atom. The first kappa shape index (κ1) is 20.3. The van der Waals surface area contributed by atoms with E-state index < -0.39 is 0 Å². The van der Waals surface area contributed by atoms with Crippen molar-refractivity contribution in [1.29, 1.82) is 0 Å². The molecule has 0 aliphatic carbocycles. The molecule has 1 aliphatic rings. The van der Waals surface area contributed by atoms with Crippen LogP contribution in [0.1, 0.15) is 12.0 Å². The van der Waals surface area contributed by atoms with Gasteiger partial charge in [0, 0.05) is 32.7 Å². The predicted octanol–water partition coefficient (Wildman–Crippen LogP) is 1.25. The second kappa shape index (κ2) is 10.2. The smallest absolute Gasteiger partial charge is 0.239 e. The molecule has 1 heterocycles. The van der Waals surface area contributed by atoms with Crippen LogP contribution in [0.4, 0.5) is 0 Å². The molecule has 1 aliphatic heterocycles. The van der Waals surface area contributed by atoms with Gasteiger partial charge in [-0.25, -0.2) is 0 Å². The minimum absolute atomic E-state index is 0.0259. The highest BCUT2D eigenvalue weighted by molar-refractivity contribution is 5.91. The van der Waals surface area contributed by atoms with E-state index in [-0.39, 0.29) is 24.8 Å². The number of piperazine rings is 1. The Hall–Kier alpha value is -2.44. The molecule has 28 heavy (non-hydrogen) atoms. The first-order chi connectivity index (χ1) is 13.6. The Balaban J connectivity index is 1.33. The van der Waals surface area contributed by atoms with Crippen LogP contribution >= 0.6 is 0 Å². The molecule has 2 N–H and O–H groups in total. The third kappa shape index (κ3) is 6.04. The van der Waals surface area contributed by atoms with E-state index in [4.69, 9.17) is 0 Å². The third-order valence-corrected chi connectivity index (χ3v) is 5.25. The monoisotopic (exact) mass is 382 g/mol. The van der Waals surface area contributed by atoms with E-state index in [0.717, 1.165) is 55.5 Å². The largest absolute Gasteiger partial charge is 0.355 e. The van der Waals surface area contributed by atoms with Crippen molar-refractivity contribution < 1.29 is 9.59 Å². The second-order valence-electron chi connectivity index (χ2n) is 7.44. The van der Waals surface area contributed by atoms with Crippen molar-refractivity contribution in [2.75, 3.05) is 52.9 Å². The lowest BCUT2D eigenvalue weighted by Gasteiger charge is -2.32. The number of carbonyl (C=O) groups excluding carboxylic acids is 2. The molecule has 0 aromatic heterocycles. The molecular formula is C22H30N4O2. The van der Waals surface area contributed by atoms with Crippen LogP contribution in [-0.2, 0) is 16.0 Å². The lowest BCUT2D eigenvalue weighted by atomic mass is 10.0. The van der Waals surface area contributed by atoms with E-state index in [1.807, 2.05) is 42.5 Å². The zero-order valence-electron chi connectivity index (χ0n) is 16.6. The number of hydrogen-bond acceptors (Lipinski definition) is 4. The number of nitrogens with one attached hydrogen (secondary N) is 2. The molecular weight excluding hydrogens is 352 g/mol. The molecule has 0 atom stereocenters. The Morgan fingerprint density at radius 1 is 0.929 bits per heavy atom. The van der Waals surface area contributed by atoms with E-state index in [2.05, 4.69) is 27.5 Å². The van der Waals surface area contributed by atoms with E-state index in [1.54, 1.807) is 0 Å². The number of hydrogen-bond donors (Lipinski definition) is 2. The standard InChI is InChI=1S/C22H30N4O2/c1-25-12-14-26(15-13-25)11-5-10-23-22(28)17-24-21(27)16-19-8-4-7-18-6-2-3-9-20(18)19/h2-4,6-9H,5,10-17H2,1H3,(H,23,28)(H,24,27). The van der Waals surface area contributed by atoms with E-state index in [1.165, 1.54) is 0 Å². The van der Waals surface area contributed by atoms with Gasteiger partial charge in [-0.1, -0.05) is 42.5 Å². The van der Waals surface area contributed by atoms with E-state index in [0.29, 0.717) is 6.54 Å². The predicted molar refractivity (Wildman–Crippen MR) is 112 cm³/mol. The third-order valence-electron chi connectivity index (χ3n) is 5.25. The summed E-state index contributed by atoms with van der Waals surface area (Å²) in [6, 6.07) is 14.0. The fourth-order valence-corrected chi connectivity index (χ4v) is 3.53. The van der Waals surface area contributed by atoms with Crippen LogP contribution in [0.25, 0.3) is 10.8 Å². The number of nitrogens with zero attached hydrogens (tertiary/aromatic N) is 2. The average molecular weight is 383 g/mol. The quantitative estimate of drug-likeness (QED) is 0.675. The minimum atomic E-state index is -0.135. The zero-order chi connectivity index (χ0) is 19.8. The average Bonchev–Trinajstić information content (AvgIpc) is 2.71. The first-order valence-electron chi connectivity index (χ1n) is 10.0. The van der Waals surface area contributed by atoms with Crippen LogP contribution in [0.5, 0.6) is 0 Å². The fraction of sp³-hybridized carbons (Fsp3) is 0.455. The number of benzene rings is 2. The Labute approximate surface area is 166 Å². The molecule has 1 fully saturated rings. The maximum atomic E-state index is 12.2. The summed E-state index contributed by atoms with van der Waals surface area (Å²) in [6.45, 7) is 6.07. The number of fused-ring (bicyclic) bond motifs is 1. The van der Waals surface area contributed by atoms with E-state index in [9.17, 15) is 9.59 Å². The van der Waals surface area contributed by atoms with Gasteiger partial charge in [0.15, 0.2) is 0 Å². The normalized spacial score (nSPS) is 15.5. The molecule has 0 bridgehead atoms. The summed E-state index contributed by atoms with van der Waals surface area (Å²) in [7, 11) is 2.14. The van der Waals surface area contributed by atoms with Crippen molar-refractivity contribution in [2.45, 2.75) is 12.8 Å². The summed E-state index contributed by atoms with van der Waals surface area (Å²) < 4.78 is 0. The van der Waals surface area contributed by atoms with Crippen molar-refractivity contribution >= 4 is 22.6 Å². The number of amides is 2. The number of likely N-dealkylation sites (N-methyl/N-ethyl adjacent to an activating group) is 1. The number of rotatable bonds is 8. The van der Waals surface area contributed by atoms with Crippen LogP contribution in [0.2, 0.25) is 0 Å². The van der Waals surface area contributed by atoms with Crippen molar-refractivity contribution in [3.8, 4) is 0 Å². The van der Waals surface area contributed by atoms with Gasteiger partial charge in [-0.05, 0) is 36.3 Å². The molecule has 2 aromatic carbocycles. The Kier molecular flexibility index (Phi) is 7.39. The summed E-state index contributed by atoms with van der Waals surface area (Å²) in [6.07, 6.45) is 1.21. The molecule has 0 radical (unpaired) electrons. The maximum absolute atomic E-state index is 12.2. The molecule has 2 aromatic rings. The first-order valence-corrected chi connectivity index (χ1v) is 10.0. The summed E-state index contributed by atoms with van der Waals surface area (Å²) in [5.74, 6) is -0.270. The zero-order valence-corrected chi connectivity index (χ0v) is 16.6. The minimum Gasteiger partial charge on any atom is -0.355 e. The van der Waals surface area contributed by atoms with Crippen molar-refractivity contribution in [2.24, 2.45) is 0 Å². The molecule has 6 heteroatoms. The van der Waals surface area contributed by atoms with Gasteiger partial charge in [0.1, 0.15) is 0 Å². The lowest BCUT2D eigenvalue weighted by Crippen LogP contribution is -2.45. The molecule has 2 amide bonds. The molecule has 0 unspecified atom stereocenters. The van der Waals surface area contributed by atoms with Crippen molar-refractivity contribution in [3.63, 3.8) is 0 Å². The Morgan fingerprint density at radius 2 is 1.68 bits per heavy atom. The van der Waals surface area contributed by atoms with Gasteiger partial charge in [-0.3, -0.25) is 9.59 Å². The molecule has 0 saturated carbocycles. The molecule has 6 nitrogen and oxygen atoms in total. The highest BCUT2D eigenvalue weighted by atomic mass is 16.2. The molecule has 1 saturated heterocycles. The second-order valence-corrected chi connectivity index (χ2v) is 7.44. The fourth-order valence-electron chi connectivity index (χ4n) is 3.53. The lowest BCUT2D eigenvalue weighted by molar-refractivity contribution is -0.125. The summed E-state index contributed by atoms with van der Waals surface area (Å²) >= 11 is 0. The van der Waals surface area contributed by atoms with Gasteiger partial charge in [-0.15, -0.1) is 0 Å². The van der Waals surface area contributed by atoms with Gasteiger partial charge in [0.05, 0.1) is 13.0 Å². The van der Waals surface area contributed by atoms with Gasteiger partial charge < -0.3 is 20.4 Å².